The van der Waals surface area contributed by atoms with Crippen LogP contribution in [0.4, 0.5) is 0 Å². The number of oxazole rings is 1. The van der Waals surface area contributed by atoms with E-state index in [-0.39, 0.29) is 0 Å². The minimum atomic E-state index is 0.966. The highest BCUT2D eigenvalue weighted by atomic mass is 32.1. The van der Waals surface area contributed by atoms with Gasteiger partial charge in [-0.2, -0.15) is 0 Å². The zero-order valence-corrected chi connectivity index (χ0v) is 14.4. The quantitative estimate of drug-likeness (QED) is 0.564. The Bertz CT molecular complexity index is 938. The van der Waals surface area contributed by atoms with Gasteiger partial charge in [-0.15, -0.1) is 11.3 Å². The first-order valence-electron chi connectivity index (χ1n) is 8.15. The zero-order chi connectivity index (χ0) is 16.9. The number of thiazole rings is 1. The summed E-state index contributed by atoms with van der Waals surface area (Å²) in [5, 5.41) is 7.76. The van der Waals surface area contributed by atoms with Crippen molar-refractivity contribution in [3.8, 4) is 10.6 Å². The summed E-state index contributed by atoms with van der Waals surface area (Å²) in [5.74, 6) is 0. The molecule has 0 aliphatic carbocycles. The lowest BCUT2D eigenvalue weighted by atomic mass is 9.99. The molecule has 1 aliphatic heterocycles. The lowest BCUT2D eigenvalue weighted by Crippen LogP contribution is -2.19. The molecule has 0 saturated heterocycles. The Hall–Kier alpha value is -2.70. The highest BCUT2D eigenvalue weighted by Crippen LogP contribution is 2.32. The Morgan fingerprint density at radius 1 is 1.20 bits per heavy atom. The number of aromatic amines is 1. The number of fused-ring (bicyclic) bond motifs is 1. The maximum absolute atomic E-state index is 4.47. The first-order valence-corrected chi connectivity index (χ1v) is 9.03. The van der Waals surface area contributed by atoms with Crippen LogP contribution in [0.2, 0.25) is 0 Å². The van der Waals surface area contributed by atoms with E-state index in [0.29, 0.717) is 0 Å². The maximum Gasteiger partial charge on any atom is 0.180 e. The Morgan fingerprint density at radius 2 is 2.20 bits per heavy atom. The Labute approximate surface area is 149 Å². The predicted octanol–water partition coefficient (Wildman–Crippen LogP) is 4.34. The van der Waals surface area contributed by atoms with E-state index in [1.807, 2.05) is 11.6 Å². The lowest BCUT2D eigenvalue weighted by molar-refractivity contribution is 0.558. The van der Waals surface area contributed by atoms with Crippen LogP contribution in [0.3, 0.4) is 0 Å². The molecule has 4 heterocycles. The largest absolute Gasteiger partial charge is 0.452 e. The van der Waals surface area contributed by atoms with E-state index in [1.54, 1.807) is 17.5 Å². The van der Waals surface area contributed by atoms with Gasteiger partial charge < -0.3 is 14.7 Å². The fourth-order valence-electron chi connectivity index (χ4n) is 2.93. The molecule has 126 valence electrons. The van der Waals surface area contributed by atoms with Gasteiger partial charge in [0, 0.05) is 46.3 Å². The minimum Gasteiger partial charge on any atom is -0.452 e. The van der Waals surface area contributed by atoms with Crippen molar-refractivity contribution < 1.29 is 4.42 Å². The van der Waals surface area contributed by atoms with Gasteiger partial charge in [-0.1, -0.05) is 6.08 Å². The molecule has 0 unspecified atom stereocenters. The van der Waals surface area contributed by atoms with Gasteiger partial charge in [0.1, 0.15) is 11.3 Å². The second-order valence-electron chi connectivity index (χ2n) is 5.66. The Morgan fingerprint density at radius 3 is 2.88 bits per heavy atom. The number of benzene rings is 1. The van der Waals surface area contributed by atoms with Gasteiger partial charge in [0.15, 0.2) is 6.39 Å². The van der Waals surface area contributed by atoms with Crippen molar-refractivity contribution in [3.63, 3.8) is 0 Å². The number of nitrogens with zero attached hydrogens (tertiary/aromatic N) is 2. The molecular formula is C19H18N4OS. The molecule has 25 heavy (non-hydrogen) atoms. The number of nitrogens with one attached hydrogen (secondary N) is 2. The molecule has 0 amide bonds. The van der Waals surface area contributed by atoms with Crippen LogP contribution in [0.5, 0.6) is 0 Å². The molecule has 5 rings (SSSR count). The second-order valence-corrected chi connectivity index (χ2v) is 6.55. The van der Waals surface area contributed by atoms with Crippen LogP contribution in [0.1, 0.15) is 12.0 Å². The molecule has 0 radical (unpaired) electrons. The van der Waals surface area contributed by atoms with E-state index in [9.17, 15) is 0 Å². The molecule has 3 aromatic heterocycles. The van der Waals surface area contributed by atoms with Gasteiger partial charge in [0.05, 0.1) is 6.20 Å². The van der Waals surface area contributed by atoms with Crippen molar-refractivity contribution in [3.05, 3.63) is 66.5 Å². The summed E-state index contributed by atoms with van der Waals surface area (Å²) in [6.07, 6.45) is 11.8. The molecule has 5 nitrogen and oxygen atoms in total. The standard InChI is InChI=1S/C16H15N3S.C3H3NO/c1-2-15-13(9-12(1)16-18-7-8-20-16)14(10-19-15)11-3-5-17-6-4-11;1-2-5-3-4-1/h1-3,7-10,17,19H,4-6H2;1-3H. The molecule has 0 spiro atoms. The van der Waals surface area contributed by atoms with Crippen LogP contribution in [-0.4, -0.2) is 28.0 Å². The average Bonchev–Trinajstić information content (AvgIpc) is 3.45. The highest BCUT2D eigenvalue weighted by molar-refractivity contribution is 7.13. The van der Waals surface area contributed by atoms with E-state index in [4.69, 9.17) is 0 Å². The molecule has 2 N–H and O–H groups in total. The fraction of sp³-hybridized carbons (Fsp3) is 0.158. The molecule has 0 bridgehead atoms. The predicted molar refractivity (Wildman–Crippen MR) is 101 cm³/mol. The van der Waals surface area contributed by atoms with E-state index < -0.39 is 0 Å². The normalized spacial score (nSPS) is 14.0. The van der Waals surface area contributed by atoms with Crippen molar-refractivity contribution in [2.24, 2.45) is 0 Å². The van der Waals surface area contributed by atoms with Crippen LogP contribution >= 0.6 is 11.3 Å². The number of aromatic nitrogens is 3. The second kappa shape index (κ2) is 7.46. The number of rotatable bonds is 2. The molecular weight excluding hydrogens is 332 g/mol. The first-order chi connectivity index (χ1) is 12.4. The van der Waals surface area contributed by atoms with Crippen LogP contribution in [-0.2, 0) is 0 Å². The Kier molecular flexibility index (Phi) is 4.72. The van der Waals surface area contributed by atoms with Gasteiger partial charge in [0.25, 0.3) is 0 Å². The van der Waals surface area contributed by atoms with E-state index in [1.165, 1.54) is 40.3 Å². The summed E-state index contributed by atoms with van der Waals surface area (Å²) in [7, 11) is 0. The van der Waals surface area contributed by atoms with Crippen LogP contribution < -0.4 is 5.32 Å². The molecule has 1 aromatic carbocycles. The van der Waals surface area contributed by atoms with Gasteiger partial charge >= 0.3 is 0 Å². The Balaban J connectivity index is 0.000000272. The van der Waals surface area contributed by atoms with Gasteiger partial charge in [-0.3, -0.25) is 0 Å². The third kappa shape index (κ3) is 3.55. The SMILES string of the molecule is C1=C(c2c[nH]c3ccc(-c4nccs4)cc23)CCNC1.c1cocn1. The summed E-state index contributed by atoms with van der Waals surface area (Å²) >= 11 is 1.68. The summed E-state index contributed by atoms with van der Waals surface area (Å²) in [5.41, 5.74) is 5.16. The van der Waals surface area contributed by atoms with Gasteiger partial charge in [-0.25, -0.2) is 9.97 Å². The molecule has 0 saturated carbocycles. The summed E-state index contributed by atoms with van der Waals surface area (Å²) in [4.78, 5) is 11.3. The maximum atomic E-state index is 4.47. The number of H-pyrrole nitrogens is 1. The van der Waals surface area contributed by atoms with Gasteiger partial charge in [0.2, 0.25) is 0 Å². The summed E-state index contributed by atoms with van der Waals surface area (Å²) in [6, 6.07) is 6.54. The smallest absolute Gasteiger partial charge is 0.180 e. The van der Waals surface area contributed by atoms with E-state index >= 15 is 0 Å². The number of hydrogen-bond donors (Lipinski definition) is 2. The van der Waals surface area contributed by atoms with E-state index in [0.717, 1.165) is 24.5 Å². The third-order valence-electron chi connectivity index (χ3n) is 4.12. The van der Waals surface area contributed by atoms with Gasteiger partial charge in [-0.05, 0) is 36.7 Å². The monoisotopic (exact) mass is 350 g/mol. The molecule has 4 aromatic rings. The van der Waals surface area contributed by atoms with E-state index in [2.05, 4.69) is 55.2 Å². The first kappa shape index (κ1) is 15.8. The van der Waals surface area contributed by atoms with Crippen molar-refractivity contribution in [2.45, 2.75) is 6.42 Å². The highest BCUT2D eigenvalue weighted by Gasteiger charge is 2.12. The topological polar surface area (TPSA) is 66.7 Å². The fourth-order valence-corrected chi connectivity index (χ4v) is 3.56. The van der Waals surface area contributed by atoms with Crippen LogP contribution in [0.25, 0.3) is 27.0 Å². The summed E-state index contributed by atoms with van der Waals surface area (Å²) in [6.45, 7) is 2.03. The van der Waals surface area contributed by atoms with Crippen molar-refractivity contribution in [2.75, 3.05) is 13.1 Å². The van der Waals surface area contributed by atoms with Crippen LogP contribution in [0.15, 0.2) is 65.3 Å². The van der Waals surface area contributed by atoms with Crippen LogP contribution in [0, 0.1) is 0 Å². The minimum absolute atomic E-state index is 0.966. The molecule has 0 fully saturated rings. The zero-order valence-electron chi connectivity index (χ0n) is 13.6. The molecule has 0 atom stereocenters. The third-order valence-corrected chi connectivity index (χ3v) is 4.94. The summed E-state index contributed by atoms with van der Waals surface area (Å²) < 4.78 is 4.47. The lowest BCUT2D eigenvalue weighted by Gasteiger charge is -2.13. The molecule has 6 heteroatoms. The van der Waals surface area contributed by atoms with Crippen molar-refractivity contribution in [1.82, 2.24) is 20.3 Å². The van der Waals surface area contributed by atoms with Crippen molar-refractivity contribution in [1.29, 1.82) is 0 Å². The van der Waals surface area contributed by atoms with Crippen molar-refractivity contribution >= 4 is 27.8 Å². The number of hydrogen-bond acceptors (Lipinski definition) is 5. The molecule has 1 aliphatic rings. The average molecular weight is 350 g/mol.